The van der Waals surface area contributed by atoms with Gasteiger partial charge in [-0.05, 0) is 6.42 Å². The Labute approximate surface area is 162 Å². The number of unbranched alkanes of at least 4 members (excludes halogenated alkanes) is 1. The maximum atomic E-state index is 13.4. The van der Waals surface area contributed by atoms with Gasteiger partial charge in [-0.1, -0.05) is 13.3 Å². The van der Waals surface area contributed by atoms with E-state index in [1.54, 1.807) is 0 Å². The molecule has 0 saturated carbocycles. The van der Waals surface area contributed by atoms with Gasteiger partial charge in [-0.3, -0.25) is 0 Å². The van der Waals surface area contributed by atoms with Gasteiger partial charge in [0.05, 0.1) is 0 Å². The average molecular weight is 499 g/mol. The molecule has 1 N–H and O–H groups in total. The van der Waals surface area contributed by atoms with Crippen molar-refractivity contribution in [1.82, 2.24) is 5.32 Å². The van der Waals surface area contributed by atoms with Gasteiger partial charge in [0, 0.05) is 6.54 Å². The van der Waals surface area contributed by atoms with E-state index in [2.05, 4.69) is 4.74 Å². The Morgan fingerprint density at radius 1 is 0.710 bits per heavy atom. The highest BCUT2D eigenvalue weighted by atomic mass is 19.4. The van der Waals surface area contributed by atoms with Crippen LogP contribution in [0.3, 0.4) is 0 Å². The van der Waals surface area contributed by atoms with Crippen LogP contribution >= 0.6 is 0 Å². The number of alkyl halides is 15. The monoisotopic (exact) mass is 499 g/mol. The van der Waals surface area contributed by atoms with Crippen LogP contribution in [0, 0.1) is 0 Å². The molecule has 186 valence electrons. The Balaban J connectivity index is 6.08. The van der Waals surface area contributed by atoms with Gasteiger partial charge in [-0.15, -0.1) is 0 Å². The maximum Gasteiger partial charge on any atom is 0.474 e. The minimum absolute atomic E-state index is 0.00813. The molecule has 1 amide bonds. The van der Waals surface area contributed by atoms with Crippen molar-refractivity contribution in [3.05, 3.63) is 0 Å². The van der Waals surface area contributed by atoms with E-state index >= 15 is 0 Å². The molecule has 0 unspecified atom stereocenters. The quantitative estimate of drug-likeness (QED) is 0.286. The topological polar surface area (TPSA) is 38.3 Å². The van der Waals surface area contributed by atoms with Gasteiger partial charge in [0.2, 0.25) is 0 Å². The van der Waals surface area contributed by atoms with Crippen molar-refractivity contribution in [1.29, 1.82) is 0 Å². The van der Waals surface area contributed by atoms with Crippen LogP contribution in [-0.2, 0) is 4.74 Å². The zero-order chi connectivity index (χ0) is 25.3. The first-order valence-corrected chi connectivity index (χ1v) is 7.71. The minimum Gasteiger partial charge on any atom is -0.379 e. The first-order valence-electron chi connectivity index (χ1n) is 7.71. The molecular weight excluding hydrogens is 487 g/mol. The maximum absolute atomic E-state index is 13.4. The molecule has 0 bridgehead atoms. The van der Waals surface area contributed by atoms with Crippen LogP contribution in [-0.4, -0.2) is 54.5 Å². The summed E-state index contributed by atoms with van der Waals surface area (Å²) in [6.45, 7) is 0.887. The van der Waals surface area contributed by atoms with Crippen LogP contribution in [0.1, 0.15) is 26.2 Å². The summed E-state index contributed by atoms with van der Waals surface area (Å²) in [6, 6.07) is 0. The van der Waals surface area contributed by atoms with Gasteiger partial charge in [-0.2, -0.15) is 65.9 Å². The molecule has 0 rings (SSSR count). The number of carbonyl (C=O) groups is 1. The number of halogens is 15. The highest BCUT2D eigenvalue weighted by Gasteiger charge is 2.91. The van der Waals surface area contributed by atoms with Gasteiger partial charge in [-0.25, -0.2) is 4.79 Å². The lowest BCUT2D eigenvalue weighted by Gasteiger charge is -2.40. The van der Waals surface area contributed by atoms with Crippen molar-refractivity contribution in [2.45, 2.75) is 68.1 Å². The molecule has 0 heterocycles. The molecule has 0 aliphatic carbocycles. The summed E-state index contributed by atoms with van der Waals surface area (Å²) in [6.07, 6.45) is -19.9. The van der Waals surface area contributed by atoms with Crippen LogP contribution < -0.4 is 5.32 Å². The Kier molecular flexibility index (Phi) is 8.14. The molecule has 0 saturated heterocycles. The predicted octanol–water partition coefficient (Wildman–Crippen LogP) is 6.23. The van der Waals surface area contributed by atoms with Gasteiger partial charge < -0.3 is 10.1 Å². The Bertz CT molecular complexity index is 629. The van der Waals surface area contributed by atoms with Crippen LogP contribution in [0.4, 0.5) is 70.7 Å². The number of hydrogen-bond donors (Lipinski definition) is 1. The van der Waals surface area contributed by atoms with E-state index < -0.39 is 61.0 Å². The molecule has 0 fully saturated rings. The lowest BCUT2D eigenvalue weighted by molar-refractivity contribution is -0.452. The summed E-state index contributed by atoms with van der Waals surface area (Å²) in [4.78, 5) is 10.9. The molecule has 0 aromatic heterocycles. The molecule has 0 aromatic carbocycles. The lowest BCUT2D eigenvalue weighted by Crippen LogP contribution is -2.71. The second-order valence-electron chi connectivity index (χ2n) is 5.98. The number of nitrogens with one attached hydrogen (secondary N) is 1. The zero-order valence-electron chi connectivity index (χ0n) is 14.8. The molecule has 18 heteroatoms. The number of ether oxygens (including phenoxy) is 1. The molecule has 0 aromatic rings. The molecular formula is C13H12F15NO2. The van der Waals surface area contributed by atoms with Crippen LogP contribution in [0.2, 0.25) is 0 Å². The smallest absolute Gasteiger partial charge is 0.379 e. The van der Waals surface area contributed by atoms with Crippen molar-refractivity contribution in [2.24, 2.45) is 0 Å². The molecule has 0 aliphatic rings. The standard InChI is InChI=1S/C13H12F15NO2/c1-2-3-4-29-6(30)31-13(27,28)12(25,26)11(23,24)10(21,22)9(19,20)7(14,15)5-8(16,17)18/h2-5H2,1H3,(H,29,30). The van der Waals surface area contributed by atoms with Crippen LogP contribution in [0.15, 0.2) is 0 Å². The summed E-state index contributed by atoms with van der Waals surface area (Å²) < 4.78 is 197. The fraction of sp³-hybridized carbons (Fsp3) is 0.923. The molecule has 3 nitrogen and oxygen atoms in total. The van der Waals surface area contributed by atoms with Gasteiger partial charge in [0.15, 0.2) is 0 Å². The van der Waals surface area contributed by atoms with E-state index in [1.165, 1.54) is 12.2 Å². The van der Waals surface area contributed by atoms with Gasteiger partial charge >= 0.3 is 48.0 Å². The van der Waals surface area contributed by atoms with E-state index in [9.17, 15) is 70.7 Å². The molecule has 0 spiro atoms. The summed E-state index contributed by atoms with van der Waals surface area (Å²) in [5, 5.41) is 1.28. The molecule has 0 atom stereocenters. The van der Waals surface area contributed by atoms with Crippen molar-refractivity contribution in [2.75, 3.05) is 6.54 Å². The number of carbonyl (C=O) groups excluding carboxylic acids is 1. The number of alkyl carbamates (subject to hydrolysis) is 1. The highest BCUT2D eigenvalue weighted by molar-refractivity contribution is 5.67. The zero-order valence-corrected chi connectivity index (χ0v) is 14.8. The third-order valence-electron chi connectivity index (χ3n) is 3.45. The number of hydrogen-bond acceptors (Lipinski definition) is 2. The number of amides is 1. The first-order chi connectivity index (χ1) is 13.4. The first kappa shape index (κ1) is 29.2. The Hall–Kier alpha value is -1.78. The van der Waals surface area contributed by atoms with Crippen molar-refractivity contribution >= 4 is 6.09 Å². The van der Waals surface area contributed by atoms with E-state index in [0.717, 1.165) is 0 Å². The fourth-order valence-electron chi connectivity index (χ4n) is 1.75. The van der Waals surface area contributed by atoms with Crippen LogP contribution in [0.25, 0.3) is 0 Å². The van der Waals surface area contributed by atoms with Gasteiger partial charge in [0.25, 0.3) is 0 Å². The molecule has 31 heavy (non-hydrogen) atoms. The highest BCUT2D eigenvalue weighted by Crippen LogP contribution is 2.61. The second-order valence-corrected chi connectivity index (χ2v) is 5.98. The van der Waals surface area contributed by atoms with Crippen molar-refractivity contribution < 1.29 is 75.4 Å². The third kappa shape index (κ3) is 5.53. The number of rotatable bonds is 10. The normalized spacial score (nSPS) is 15.1. The van der Waals surface area contributed by atoms with E-state index in [1.807, 2.05) is 0 Å². The van der Waals surface area contributed by atoms with Crippen LogP contribution in [0.5, 0.6) is 0 Å². The lowest BCUT2D eigenvalue weighted by atomic mass is 9.92. The average Bonchev–Trinajstić information content (AvgIpc) is 2.51. The summed E-state index contributed by atoms with van der Waals surface area (Å²) in [5.74, 6) is -39.2. The molecule has 0 radical (unpaired) electrons. The summed E-state index contributed by atoms with van der Waals surface area (Å²) in [7, 11) is 0. The summed E-state index contributed by atoms with van der Waals surface area (Å²) >= 11 is 0. The third-order valence-corrected chi connectivity index (χ3v) is 3.45. The molecule has 0 aliphatic heterocycles. The SMILES string of the molecule is CCCCNC(=O)OC(F)(F)C(F)(F)C(F)(F)C(F)(F)C(F)(F)C(F)(F)CC(F)(F)F. The largest absolute Gasteiger partial charge is 0.474 e. The Morgan fingerprint density at radius 3 is 1.52 bits per heavy atom. The minimum atomic E-state index is -8.19. The van der Waals surface area contributed by atoms with Crippen molar-refractivity contribution in [3.8, 4) is 0 Å². The van der Waals surface area contributed by atoms with E-state index in [0.29, 0.717) is 0 Å². The Morgan fingerprint density at radius 2 is 1.13 bits per heavy atom. The predicted molar refractivity (Wildman–Crippen MR) is 69.7 cm³/mol. The summed E-state index contributed by atoms with van der Waals surface area (Å²) in [5.41, 5.74) is 0. The van der Waals surface area contributed by atoms with E-state index in [4.69, 9.17) is 0 Å². The fourth-order valence-corrected chi connectivity index (χ4v) is 1.75. The second kappa shape index (κ2) is 8.63. The van der Waals surface area contributed by atoms with Gasteiger partial charge in [0.1, 0.15) is 6.42 Å². The van der Waals surface area contributed by atoms with Crippen molar-refractivity contribution in [3.63, 3.8) is 0 Å². The van der Waals surface area contributed by atoms with E-state index in [-0.39, 0.29) is 12.8 Å².